The Hall–Kier alpha value is -1.77. The van der Waals surface area contributed by atoms with Gasteiger partial charge in [0.15, 0.2) is 0 Å². The van der Waals surface area contributed by atoms with Crippen molar-refractivity contribution in [3.05, 3.63) is 41.0 Å². The van der Waals surface area contributed by atoms with E-state index in [1.807, 2.05) is 24.3 Å². The lowest BCUT2D eigenvalue weighted by atomic mass is 9.86. The molecule has 0 radical (unpaired) electrons. The van der Waals surface area contributed by atoms with Crippen molar-refractivity contribution in [3.8, 4) is 5.75 Å². The second-order valence-corrected chi connectivity index (χ2v) is 6.32. The zero-order chi connectivity index (χ0) is 15.9. The lowest BCUT2D eigenvalue weighted by Crippen LogP contribution is -2.11. The van der Waals surface area contributed by atoms with Crippen molar-refractivity contribution in [1.29, 1.82) is 0 Å². The monoisotopic (exact) mass is 302 g/mol. The molecular formula is C19H26O3. The Balaban J connectivity index is 1.92. The Morgan fingerprint density at radius 1 is 1.18 bits per heavy atom. The quantitative estimate of drug-likeness (QED) is 0.748. The molecule has 3 heteroatoms. The maximum absolute atomic E-state index is 10.6. The summed E-state index contributed by atoms with van der Waals surface area (Å²) in [5.41, 5.74) is 4.08. The van der Waals surface area contributed by atoms with Gasteiger partial charge in [0.2, 0.25) is 0 Å². The largest absolute Gasteiger partial charge is 0.489 e. The molecule has 0 spiro atoms. The van der Waals surface area contributed by atoms with Gasteiger partial charge in [-0.3, -0.25) is 4.79 Å². The number of carbonyl (C=O) groups is 1. The van der Waals surface area contributed by atoms with E-state index in [1.165, 1.54) is 24.8 Å². The summed E-state index contributed by atoms with van der Waals surface area (Å²) in [5, 5.41) is 8.70. The molecule has 0 atom stereocenters. The van der Waals surface area contributed by atoms with E-state index in [2.05, 4.69) is 13.8 Å². The first kappa shape index (κ1) is 16.6. The molecule has 0 saturated carbocycles. The first-order chi connectivity index (χ1) is 10.6. The minimum Gasteiger partial charge on any atom is -0.489 e. The van der Waals surface area contributed by atoms with E-state index in [4.69, 9.17) is 9.84 Å². The molecule has 0 bridgehead atoms. The van der Waals surface area contributed by atoms with E-state index in [-0.39, 0.29) is 6.42 Å². The highest BCUT2D eigenvalue weighted by molar-refractivity contribution is 5.67. The first-order valence-corrected chi connectivity index (χ1v) is 8.20. The number of benzene rings is 1. The van der Waals surface area contributed by atoms with Crippen LogP contribution in [0.5, 0.6) is 5.75 Å². The third-order valence-corrected chi connectivity index (χ3v) is 4.29. The van der Waals surface area contributed by atoms with Crippen LogP contribution in [-0.4, -0.2) is 17.7 Å². The summed E-state index contributed by atoms with van der Waals surface area (Å²) in [6.07, 6.45) is 5.68. The molecule has 1 N–H and O–H groups in total. The van der Waals surface area contributed by atoms with E-state index in [0.717, 1.165) is 17.7 Å². The Bertz CT molecular complexity index is 526. The van der Waals surface area contributed by atoms with Gasteiger partial charge < -0.3 is 9.84 Å². The molecule has 0 aromatic heterocycles. The van der Waals surface area contributed by atoms with E-state index >= 15 is 0 Å². The Morgan fingerprint density at radius 3 is 2.50 bits per heavy atom. The number of hydrogen-bond donors (Lipinski definition) is 1. The summed E-state index contributed by atoms with van der Waals surface area (Å²) in [7, 11) is 0. The summed E-state index contributed by atoms with van der Waals surface area (Å²) in [6, 6.07) is 7.79. The number of hydrogen-bond acceptors (Lipinski definition) is 2. The van der Waals surface area contributed by atoms with Gasteiger partial charge in [0.05, 0.1) is 0 Å². The summed E-state index contributed by atoms with van der Waals surface area (Å²) in [5.74, 6) is 0.711. The zero-order valence-corrected chi connectivity index (χ0v) is 13.6. The number of carboxylic acids is 1. The maximum atomic E-state index is 10.6. The van der Waals surface area contributed by atoms with E-state index < -0.39 is 5.97 Å². The minimum atomic E-state index is -0.759. The summed E-state index contributed by atoms with van der Waals surface area (Å²) >= 11 is 0. The van der Waals surface area contributed by atoms with Crippen LogP contribution in [0.1, 0.15) is 51.5 Å². The predicted octanol–water partition coefficient (Wildman–Crippen LogP) is 4.61. The SMILES string of the molecule is CC(C)C1=C(COc2ccc(CCC(=O)O)cc2)CCCC1. The van der Waals surface area contributed by atoms with Crippen LogP contribution < -0.4 is 4.74 Å². The fourth-order valence-corrected chi connectivity index (χ4v) is 3.03. The van der Waals surface area contributed by atoms with Crippen molar-refractivity contribution in [2.75, 3.05) is 6.61 Å². The molecule has 0 saturated heterocycles. The summed E-state index contributed by atoms with van der Waals surface area (Å²) in [6.45, 7) is 5.21. The second kappa shape index (κ2) is 8.02. The van der Waals surface area contributed by atoms with E-state index in [1.54, 1.807) is 5.57 Å². The number of allylic oxidation sites excluding steroid dienone is 1. The maximum Gasteiger partial charge on any atom is 0.303 e. The fraction of sp³-hybridized carbons (Fsp3) is 0.526. The Kier molecular flexibility index (Phi) is 6.05. The van der Waals surface area contributed by atoms with Gasteiger partial charge in [-0.25, -0.2) is 0 Å². The van der Waals surface area contributed by atoms with Crippen LogP contribution in [0.25, 0.3) is 0 Å². The van der Waals surface area contributed by atoms with Crippen molar-refractivity contribution in [1.82, 2.24) is 0 Å². The van der Waals surface area contributed by atoms with Crippen molar-refractivity contribution in [2.45, 2.75) is 52.4 Å². The number of aliphatic carboxylic acids is 1. The Labute approximate surface area is 133 Å². The second-order valence-electron chi connectivity index (χ2n) is 6.32. The highest BCUT2D eigenvalue weighted by Crippen LogP contribution is 2.30. The normalized spacial score (nSPS) is 15.2. The molecule has 0 aliphatic heterocycles. The minimum absolute atomic E-state index is 0.171. The predicted molar refractivity (Wildman–Crippen MR) is 88.2 cm³/mol. The highest BCUT2D eigenvalue weighted by atomic mass is 16.5. The van der Waals surface area contributed by atoms with E-state index in [0.29, 0.717) is 18.9 Å². The average Bonchev–Trinajstić information content (AvgIpc) is 2.52. The van der Waals surface area contributed by atoms with Crippen LogP contribution in [0.15, 0.2) is 35.4 Å². The number of rotatable bonds is 7. The van der Waals surface area contributed by atoms with Crippen LogP contribution in [0.2, 0.25) is 0 Å². The summed E-state index contributed by atoms with van der Waals surface area (Å²) < 4.78 is 5.93. The van der Waals surface area contributed by atoms with Gasteiger partial charge in [0, 0.05) is 6.42 Å². The van der Waals surface area contributed by atoms with Gasteiger partial charge >= 0.3 is 5.97 Å². The molecule has 0 fully saturated rings. The van der Waals surface area contributed by atoms with Crippen molar-refractivity contribution < 1.29 is 14.6 Å². The van der Waals surface area contributed by atoms with Crippen molar-refractivity contribution >= 4 is 5.97 Å². The van der Waals surface area contributed by atoms with Gasteiger partial charge in [-0.05, 0) is 61.3 Å². The highest BCUT2D eigenvalue weighted by Gasteiger charge is 2.15. The topological polar surface area (TPSA) is 46.5 Å². The van der Waals surface area contributed by atoms with Gasteiger partial charge in [0.25, 0.3) is 0 Å². The third kappa shape index (κ3) is 4.90. The molecule has 0 heterocycles. The molecule has 1 aliphatic rings. The van der Waals surface area contributed by atoms with Gasteiger partial charge in [-0.1, -0.05) is 31.6 Å². The van der Waals surface area contributed by atoms with Crippen LogP contribution in [0.4, 0.5) is 0 Å². The number of ether oxygens (including phenoxy) is 1. The molecule has 22 heavy (non-hydrogen) atoms. The van der Waals surface area contributed by atoms with Crippen LogP contribution in [0.3, 0.4) is 0 Å². The molecule has 0 amide bonds. The van der Waals surface area contributed by atoms with Crippen molar-refractivity contribution in [2.24, 2.45) is 5.92 Å². The Morgan fingerprint density at radius 2 is 1.86 bits per heavy atom. The lowest BCUT2D eigenvalue weighted by Gasteiger charge is -2.23. The average molecular weight is 302 g/mol. The summed E-state index contributed by atoms with van der Waals surface area (Å²) in [4.78, 5) is 10.6. The zero-order valence-electron chi connectivity index (χ0n) is 13.6. The molecule has 1 aromatic rings. The van der Waals surface area contributed by atoms with Crippen LogP contribution >= 0.6 is 0 Å². The fourth-order valence-electron chi connectivity index (χ4n) is 3.03. The molecule has 1 aromatic carbocycles. The van der Waals surface area contributed by atoms with Crippen LogP contribution in [0, 0.1) is 5.92 Å². The smallest absolute Gasteiger partial charge is 0.303 e. The molecule has 0 unspecified atom stereocenters. The molecule has 1 aliphatic carbocycles. The number of aryl methyl sites for hydroxylation is 1. The van der Waals surface area contributed by atoms with Gasteiger partial charge in [-0.15, -0.1) is 0 Å². The van der Waals surface area contributed by atoms with Gasteiger partial charge in [0.1, 0.15) is 12.4 Å². The molecular weight excluding hydrogens is 276 g/mol. The first-order valence-electron chi connectivity index (χ1n) is 8.20. The molecule has 120 valence electrons. The number of carboxylic acid groups (broad SMARTS) is 1. The molecule has 3 nitrogen and oxygen atoms in total. The standard InChI is InChI=1S/C19H26O3/c1-14(2)18-6-4-3-5-16(18)13-22-17-10-7-15(8-11-17)9-12-19(20)21/h7-8,10-11,14H,3-6,9,12-13H2,1-2H3,(H,20,21). The van der Waals surface area contributed by atoms with E-state index in [9.17, 15) is 4.79 Å². The van der Waals surface area contributed by atoms with Gasteiger partial charge in [-0.2, -0.15) is 0 Å². The van der Waals surface area contributed by atoms with Crippen LogP contribution in [-0.2, 0) is 11.2 Å². The molecule has 2 rings (SSSR count). The van der Waals surface area contributed by atoms with Crippen molar-refractivity contribution in [3.63, 3.8) is 0 Å². The lowest BCUT2D eigenvalue weighted by molar-refractivity contribution is -0.136. The third-order valence-electron chi connectivity index (χ3n) is 4.29.